The first-order valence-electron chi connectivity index (χ1n) is 4.15. The van der Waals surface area contributed by atoms with E-state index in [0.717, 1.165) is 11.3 Å². The van der Waals surface area contributed by atoms with E-state index in [1.807, 2.05) is 30.3 Å². The van der Waals surface area contributed by atoms with Gasteiger partial charge in [0.1, 0.15) is 0 Å². The molecule has 2 N–H and O–H groups in total. The Morgan fingerprint density at radius 1 is 1.07 bits per heavy atom. The zero-order valence-corrected chi connectivity index (χ0v) is 8.10. The average Bonchev–Trinajstić information content (AvgIpc) is 2.18. The molecule has 0 aliphatic heterocycles. The van der Waals surface area contributed by atoms with E-state index in [0.29, 0.717) is 4.77 Å². The summed E-state index contributed by atoms with van der Waals surface area (Å²) >= 11 is 4.88. The van der Waals surface area contributed by atoms with Gasteiger partial charge in [-0.3, -0.25) is 9.78 Å². The van der Waals surface area contributed by atoms with Crippen molar-refractivity contribution in [1.29, 1.82) is 0 Å². The van der Waals surface area contributed by atoms with Crippen LogP contribution in [0, 0.1) is 4.77 Å². The lowest BCUT2D eigenvalue weighted by atomic mass is 10.5. The van der Waals surface area contributed by atoms with Gasteiger partial charge in [-0.25, -0.2) is 0 Å². The molecule has 2 rings (SSSR count). The predicted molar refractivity (Wildman–Crippen MR) is 57.7 cm³/mol. The van der Waals surface area contributed by atoms with Crippen LogP contribution in [0.4, 0.5) is 0 Å². The molecule has 2 aromatic rings. The lowest BCUT2D eigenvalue weighted by molar-refractivity contribution is 1.09. The standard InChI is InChI=1S/C10H8N2OS/c13-9-6-8(11-10(14)12-9)7-4-2-1-3-5-7/h1-6H,(H2,11,12,13,14)/i1+1,2+1,3+1,4+1,5+1,7+1. The molecular formula is C10H8N2OS. The molecule has 14 heavy (non-hydrogen) atoms. The highest BCUT2D eigenvalue weighted by molar-refractivity contribution is 7.71. The summed E-state index contributed by atoms with van der Waals surface area (Å²) in [6.07, 6.45) is 0. The van der Waals surface area contributed by atoms with Crippen molar-refractivity contribution in [1.82, 2.24) is 9.97 Å². The SMILES string of the molecule is O=c1cc(-[13c]2[13cH][13cH][13cH][13cH][13cH]2)[nH]c(=S)[nH]1. The molecule has 1 aromatic heterocycles. The van der Waals surface area contributed by atoms with Gasteiger partial charge in [-0.1, -0.05) is 30.3 Å². The molecule has 0 saturated heterocycles. The number of hydrogen-bond acceptors (Lipinski definition) is 2. The molecule has 70 valence electrons. The second-order valence-electron chi connectivity index (χ2n) is 2.87. The van der Waals surface area contributed by atoms with E-state index in [9.17, 15) is 4.79 Å². The summed E-state index contributed by atoms with van der Waals surface area (Å²) in [7, 11) is 0. The van der Waals surface area contributed by atoms with Gasteiger partial charge < -0.3 is 4.98 Å². The number of benzene rings is 1. The van der Waals surface area contributed by atoms with Crippen LogP contribution in [-0.2, 0) is 0 Å². The summed E-state index contributed by atoms with van der Waals surface area (Å²) in [6, 6.07) is 11.1. The van der Waals surface area contributed by atoms with Crippen molar-refractivity contribution in [2.24, 2.45) is 0 Å². The summed E-state index contributed by atoms with van der Waals surface area (Å²) in [4.78, 5) is 16.5. The van der Waals surface area contributed by atoms with Crippen LogP contribution in [0.5, 0.6) is 0 Å². The second kappa shape index (κ2) is 3.59. The van der Waals surface area contributed by atoms with Crippen molar-refractivity contribution in [2.45, 2.75) is 0 Å². The van der Waals surface area contributed by atoms with Gasteiger partial charge in [0.05, 0.1) is 5.69 Å². The van der Waals surface area contributed by atoms with Gasteiger partial charge in [0.15, 0.2) is 4.77 Å². The maximum absolute atomic E-state index is 11.1. The largest absolute Gasteiger partial charge is 0.332 e. The highest BCUT2D eigenvalue weighted by Gasteiger charge is 1.97. The van der Waals surface area contributed by atoms with Gasteiger partial charge >= 0.3 is 0 Å². The fourth-order valence-electron chi connectivity index (χ4n) is 1.24. The van der Waals surface area contributed by atoms with Crippen molar-refractivity contribution in [2.75, 3.05) is 0 Å². The third-order valence-electron chi connectivity index (χ3n) is 1.85. The fraction of sp³-hybridized carbons (Fsp3) is 0. The normalized spacial score (nSPS) is 10.0. The molecule has 0 aliphatic carbocycles. The Kier molecular flexibility index (Phi) is 2.28. The molecule has 3 nitrogen and oxygen atoms in total. The number of aromatic amines is 2. The molecule has 0 spiro atoms. The van der Waals surface area contributed by atoms with Crippen LogP contribution < -0.4 is 5.56 Å². The number of H-pyrrole nitrogens is 2. The van der Waals surface area contributed by atoms with Gasteiger partial charge in [-0.15, -0.1) is 0 Å². The fourth-order valence-corrected chi connectivity index (χ4v) is 1.45. The quantitative estimate of drug-likeness (QED) is 0.708. The van der Waals surface area contributed by atoms with Crippen LogP contribution in [0.25, 0.3) is 11.3 Å². The van der Waals surface area contributed by atoms with E-state index in [2.05, 4.69) is 9.97 Å². The van der Waals surface area contributed by atoms with E-state index < -0.39 is 0 Å². The topological polar surface area (TPSA) is 48.6 Å². The van der Waals surface area contributed by atoms with Crippen LogP contribution in [-0.4, -0.2) is 9.97 Å². The summed E-state index contributed by atoms with van der Waals surface area (Å²) in [6.45, 7) is 0. The Morgan fingerprint density at radius 2 is 1.79 bits per heavy atom. The minimum absolute atomic E-state index is 0.187. The first-order valence-corrected chi connectivity index (χ1v) is 4.55. The van der Waals surface area contributed by atoms with Gasteiger partial charge in [0.2, 0.25) is 0 Å². The summed E-state index contributed by atoms with van der Waals surface area (Å²) in [5.74, 6) is 0. The number of rotatable bonds is 1. The molecule has 0 amide bonds. The first kappa shape index (κ1) is 8.90. The number of aromatic nitrogens is 2. The summed E-state index contributed by atoms with van der Waals surface area (Å²) < 4.78 is 0.344. The van der Waals surface area contributed by atoms with Crippen molar-refractivity contribution >= 4 is 12.2 Å². The molecule has 0 fully saturated rings. The average molecular weight is 210 g/mol. The number of nitrogens with one attached hydrogen (secondary N) is 2. The summed E-state index contributed by atoms with van der Waals surface area (Å²) in [5, 5.41) is 0. The lowest BCUT2D eigenvalue weighted by Gasteiger charge is -1.99. The lowest BCUT2D eigenvalue weighted by Crippen LogP contribution is -2.06. The Morgan fingerprint density at radius 3 is 2.43 bits per heavy atom. The molecule has 0 atom stereocenters. The number of hydrogen-bond donors (Lipinski definition) is 2. The van der Waals surface area contributed by atoms with E-state index in [1.54, 1.807) is 0 Å². The molecule has 0 aliphatic rings. The molecule has 1 aromatic carbocycles. The Bertz CT molecular complexity index is 514. The molecule has 0 bridgehead atoms. The first-order chi connectivity index (χ1) is 6.75. The molecule has 4 heteroatoms. The monoisotopic (exact) mass is 210 g/mol. The van der Waals surface area contributed by atoms with Crippen molar-refractivity contribution in [3.05, 3.63) is 51.5 Å². The predicted octanol–water partition coefficient (Wildman–Crippen LogP) is 2.10. The molecule has 0 saturated carbocycles. The van der Waals surface area contributed by atoms with Gasteiger partial charge in [0.25, 0.3) is 5.56 Å². The Labute approximate surface area is 85.4 Å². The van der Waals surface area contributed by atoms with Crippen LogP contribution in [0.1, 0.15) is 0 Å². The zero-order chi connectivity index (χ0) is 9.97. The van der Waals surface area contributed by atoms with Crippen LogP contribution in [0.3, 0.4) is 0 Å². The van der Waals surface area contributed by atoms with Gasteiger partial charge in [0, 0.05) is 6.07 Å². The van der Waals surface area contributed by atoms with Crippen LogP contribution >= 0.6 is 12.2 Å². The molecule has 0 radical (unpaired) electrons. The molecule has 0 unspecified atom stereocenters. The second-order valence-corrected chi connectivity index (χ2v) is 3.28. The molecule has 1 heterocycles. The van der Waals surface area contributed by atoms with Gasteiger partial charge in [-0.2, -0.15) is 0 Å². The minimum Gasteiger partial charge on any atom is -0.332 e. The van der Waals surface area contributed by atoms with Gasteiger partial charge in [-0.05, 0) is 17.8 Å². The van der Waals surface area contributed by atoms with Crippen LogP contribution in [0.15, 0.2) is 41.2 Å². The Balaban J connectivity index is 2.64. The van der Waals surface area contributed by atoms with Crippen molar-refractivity contribution in [3.8, 4) is 11.3 Å². The van der Waals surface area contributed by atoms with E-state index in [1.165, 1.54) is 6.07 Å². The van der Waals surface area contributed by atoms with Crippen LogP contribution in [0.2, 0.25) is 0 Å². The smallest absolute Gasteiger partial charge is 0.252 e. The summed E-state index contributed by atoms with van der Waals surface area (Å²) in [5.41, 5.74) is 1.50. The van der Waals surface area contributed by atoms with E-state index >= 15 is 0 Å². The maximum atomic E-state index is 11.1. The maximum Gasteiger partial charge on any atom is 0.252 e. The highest BCUT2D eigenvalue weighted by atomic mass is 32.1. The van der Waals surface area contributed by atoms with Crippen molar-refractivity contribution < 1.29 is 0 Å². The highest BCUT2D eigenvalue weighted by Crippen LogP contribution is 2.12. The Hall–Kier alpha value is -1.68. The van der Waals surface area contributed by atoms with E-state index in [4.69, 9.17) is 12.2 Å². The van der Waals surface area contributed by atoms with Crippen molar-refractivity contribution in [3.63, 3.8) is 0 Å². The van der Waals surface area contributed by atoms with E-state index in [-0.39, 0.29) is 5.56 Å². The molecular weight excluding hydrogens is 202 g/mol. The third-order valence-corrected chi connectivity index (χ3v) is 2.05. The third kappa shape index (κ3) is 1.80. The minimum atomic E-state index is -0.187. The zero-order valence-electron chi connectivity index (χ0n) is 7.28.